The number of ether oxygens (including phenoxy) is 1. The van der Waals surface area contributed by atoms with E-state index >= 15 is 0 Å². The number of fused-ring (bicyclic) bond motifs is 3. The lowest BCUT2D eigenvalue weighted by molar-refractivity contribution is -0.123. The Bertz CT molecular complexity index is 960. The summed E-state index contributed by atoms with van der Waals surface area (Å²) in [6.07, 6.45) is 2.26. The summed E-state index contributed by atoms with van der Waals surface area (Å²) < 4.78 is 5.12. The maximum absolute atomic E-state index is 12.4. The van der Waals surface area contributed by atoms with Crippen LogP contribution in [0.4, 0.5) is 0 Å². The van der Waals surface area contributed by atoms with Crippen LogP contribution in [0.1, 0.15) is 16.8 Å². The van der Waals surface area contributed by atoms with Gasteiger partial charge in [0.2, 0.25) is 0 Å². The van der Waals surface area contributed by atoms with E-state index in [4.69, 9.17) is 4.74 Å². The van der Waals surface area contributed by atoms with Crippen LogP contribution in [0.5, 0.6) is 5.75 Å². The fourth-order valence-corrected chi connectivity index (χ4v) is 3.27. The SMILES string of the molecule is COc1ccc(/C=N\NC(=O)[C@H]2Cc3c([nH]c4ccccc34)CN2)cc1. The van der Waals surface area contributed by atoms with Crippen molar-refractivity contribution in [1.82, 2.24) is 15.7 Å². The van der Waals surface area contributed by atoms with Crippen molar-refractivity contribution in [2.24, 2.45) is 5.10 Å². The van der Waals surface area contributed by atoms with E-state index in [1.807, 2.05) is 36.4 Å². The van der Waals surface area contributed by atoms with E-state index in [0.29, 0.717) is 13.0 Å². The number of nitrogens with one attached hydrogen (secondary N) is 3. The van der Waals surface area contributed by atoms with Gasteiger partial charge in [-0.2, -0.15) is 5.10 Å². The minimum absolute atomic E-state index is 0.134. The largest absolute Gasteiger partial charge is 0.497 e. The van der Waals surface area contributed by atoms with Gasteiger partial charge in [0.15, 0.2) is 0 Å². The highest BCUT2D eigenvalue weighted by molar-refractivity contribution is 5.88. The number of hydrogen-bond acceptors (Lipinski definition) is 4. The van der Waals surface area contributed by atoms with Crippen molar-refractivity contribution in [2.75, 3.05) is 7.11 Å². The van der Waals surface area contributed by atoms with Crippen molar-refractivity contribution < 1.29 is 9.53 Å². The van der Waals surface area contributed by atoms with Gasteiger partial charge in [0.25, 0.3) is 5.91 Å². The van der Waals surface area contributed by atoms with Gasteiger partial charge in [-0.15, -0.1) is 0 Å². The van der Waals surface area contributed by atoms with Gasteiger partial charge >= 0.3 is 0 Å². The number of aromatic nitrogens is 1. The summed E-state index contributed by atoms with van der Waals surface area (Å²) in [5, 5.41) is 8.51. The second-order valence-electron chi connectivity index (χ2n) is 6.27. The van der Waals surface area contributed by atoms with Crippen LogP contribution in [0.3, 0.4) is 0 Å². The number of benzene rings is 2. The molecule has 2 aromatic carbocycles. The Morgan fingerprint density at radius 1 is 1.23 bits per heavy atom. The van der Waals surface area contributed by atoms with Gasteiger partial charge < -0.3 is 9.72 Å². The summed E-state index contributed by atoms with van der Waals surface area (Å²) in [7, 11) is 1.62. The van der Waals surface area contributed by atoms with E-state index in [1.54, 1.807) is 13.3 Å². The van der Waals surface area contributed by atoms with E-state index in [9.17, 15) is 4.79 Å². The first-order valence-corrected chi connectivity index (χ1v) is 8.53. The minimum atomic E-state index is -0.297. The summed E-state index contributed by atoms with van der Waals surface area (Å²) in [4.78, 5) is 15.9. The van der Waals surface area contributed by atoms with Gasteiger partial charge in [0.05, 0.1) is 19.4 Å². The third kappa shape index (κ3) is 3.19. The van der Waals surface area contributed by atoms with Crippen molar-refractivity contribution in [3.8, 4) is 5.75 Å². The number of hydrogen-bond donors (Lipinski definition) is 3. The fourth-order valence-electron chi connectivity index (χ4n) is 3.27. The quantitative estimate of drug-likeness (QED) is 0.500. The summed E-state index contributed by atoms with van der Waals surface area (Å²) in [5.74, 6) is 0.651. The first-order valence-electron chi connectivity index (χ1n) is 8.53. The highest BCUT2D eigenvalue weighted by Gasteiger charge is 2.26. The summed E-state index contributed by atoms with van der Waals surface area (Å²) in [5.41, 5.74) is 6.98. The number of carbonyl (C=O) groups excluding carboxylic acids is 1. The Morgan fingerprint density at radius 2 is 2.04 bits per heavy atom. The maximum atomic E-state index is 12.4. The smallest absolute Gasteiger partial charge is 0.257 e. The van der Waals surface area contributed by atoms with Crippen LogP contribution < -0.4 is 15.5 Å². The van der Waals surface area contributed by atoms with Crippen LogP contribution in [-0.4, -0.2) is 30.3 Å². The number of hydrazone groups is 1. The molecular formula is C20H20N4O2. The maximum Gasteiger partial charge on any atom is 0.257 e. The first-order chi connectivity index (χ1) is 12.7. The Kier molecular flexibility index (Phi) is 4.41. The molecule has 1 aromatic heterocycles. The molecule has 3 N–H and O–H groups in total. The van der Waals surface area contributed by atoms with Crippen LogP contribution in [-0.2, 0) is 17.8 Å². The zero-order valence-corrected chi connectivity index (χ0v) is 14.5. The number of rotatable bonds is 4. The topological polar surface area (TPSA) is 78.5 Å². The molecule has 0 saturated heterocycles. The predicted octanol–water partition coefficient (Wildman–Crippen LogP) is 2.34. The van der Waals surface area contributed by atoms with Crippen molar-refractivity contribution >= 4 is 23.0 Å². The van der Waals surface area contributed by atoms with Crippen molar-refractivity contribution in [3.05, 3.63) is 65.4 Å². The summed E-state index contributed by atoms with van der Waals surface area (Å²) in [6, 6.07) is 15.3. The number of amides is 1. The first kappa shape index (κ1) is 16.4. The van der Waals surface area contributed by atoms with Crippen molar-refractivity contribution in [2.45, 2.75) is 19.0 Å². The predicted molar refractivity (Wildman–Crippen MR) is 101 cm³/mol. The monoisotopic (exact) mass is 348 g/mol. The molecule has 1 aliphatic heterocycles. The zero-order valence-electron chi connectivity index (χ0n) is 14.5. The minimum Gasteiger partial charge on any atom is -0.497 e. The van der Waals surface area contributed by atoms with Gasteiger partial charge in [-0.1, -0.05) is 18.2 Å². The van der Waals surface area contributed by atoms with E-state index < -0.39 is 0 Å². The zero-order chi connectivity index (χ0) is 17.9. The standard InChI is InChI=1S/C20H20N4O2/c1-26-14-8-6-13(7-9-14)11-22-24-20(25)18-10-16-15-4-2-3-5-17(15)23-19(16)12-21-18/h2-9,11,18,21,23H,10,12H2,1H3,(H,24,25)/b22-11-/t18-/m1/s1. The molecule has 1 amide bonds. The van der Waals surface area contributed by atoms with Crippen LogP contribution >= 0.6 is 0 Å². The number of para-hydroxylation sites is 1. The van der Waals surface area contributed by atoms with Crippen LogP contribution in [0.25, 0.3) is 10.9 Å². The number of H-pyrrole nitrogens is 1. The number of aromatic amines is 1. The van der Waals surface area contributed by atoms with Crippen molar-refractivity contribution in [3.63, 3.8) is 0 Å². The Labute approximate surface area is 151 Å². The highest BCUT2D eigenvalue weighted by atomic mass is 16.5. The normalized spacial score (nSPS) is 16.6. The Morgan fingerprint density at radius 3 is 2.85 bits per heavy atom. The molecule has 6 heteroatoms. The molecule has 3 aromatic rings. The second kappa shape index (κ2) is 7.01. The highest BCUT2D eigenvalue weighted by Crippen LogP contribution is 2.26. The third-order valence-electron chi connectivity index (χ3n) is 4.66. The van der Waals surface area contributed by atoms with Gasteiger partial charge in [-0.05, 0) is 47.9 Å². The van der Waals surface area contributed by atoms with Gasteiger partial charge in [-0.25, -0.2) is 5.43 Å². The number of methoxy groups -OCH3 is 1. The van der Waals surface area contributed by atoms with Crippen LogP contribution in [0, 0.1) is 0 Å². The molecule has 26 heavy (non-hydrogen) atoms. The van der Waals surface area contributed by atoms with Crippen molar-refractivity contribution in [1.29, 1.82) is 0 Å². The molecular weight excluding hydrogens is 328 g/mol. The Hall–Kier alpha value is -3.12. The molecule has 0 fully saturated rings. The lowest BCUT2D eigenvalue weighted by Gasteiger charge is -2.22. The molecule has 2 heterocycles. The average molecular weight is 348 g/mol. The number of nitrogens with zero attached hydrogens (tertiary/aromatic N) is 1. The van der Waals surface area contributed by atoms with E-state index in [2.05, 4.69) is 33.0 Å². The molecule has 4 rings (SSSR count). The van der Waals surface area contributed by atoms with Gasteiger partial charge in [0.1, 0.15) is 5.75 Å². The Balaban J connectivity index is 1.41. The molecule has 0 unspecified atom stereocenters. The lowest BCUT2D eigenvalue weighted by Crippen LogP contribution is -2.46. The molecule has 0 spiro atoms. The summed E-state index contributed by atoms with van der Waals surface area (Å²) in [6.45, 7) is 0.643. The average Bonchev–Trinajstić information content (AvgIpc) is 3.06. The molecule has 1 aliphatic rings. The lowest BCUT2D eigenvalue weighted by atomic mass is 9.98. The molecule has 0 bridgehead atoms. The molecule has 0 saturated carbocycles. The van der Waals surface area contributed by atoms with Crippen LogP contribution in [0.2, 0.25) is 0 Å². The van der Waals surface area contributed by atoms with E-state index in [-0.39, 0.29) is 11.9 Å². The van der Waals surface area contributed by atoms with E-state index in [1.165, 1.54) is 10.9 Å². The fraction of sp³-hybridized carbons (Fsp3) is 0.200. The second-order valence-corrected chi connectivity index (χ2v) is 6.27. The third-order valence-corrected chi connectivity index (χ3v) is 4.66. The molecule has 132 valence electrons. The molecule has 6 nitrogen and oxygen atoms in total. The molecule has 0 aliphatic carbocycles. The van der Waals surface area contributed by atoms with Gasteiger partial charge in [-0.3, -0.25) is 10.1 Å². The summed E-state index contributed by atoms with van der Waals surface area (Å²) >= 11 is 0. The molecule has 0 radical (unpaired) electrons. The van der Waals surface area contributed by atoms with Crippen LogP contribution in [0.15, 0.2) is 53.6 Å². The van der Waals surface area contributed by atoms with E-state index in [0.717, 1.165) is 22.5 Å². The van der Waals surface area contributed by atoms with Gasteiger partial charge in [0, 0.05) is 23.1 Å². The molecule has 1 atom stereocenters. The number of carbonyl (C=O) groups is 1.